The van der Waals surface area contributed by atoms with Gasteiger partial charge in [-0.25, -0.2) is 0 Å². The van der Waals surface area contributed by atoms with Gasteiger partial charge in [-0.05, 0) is 138 Å². The van der Waals surface area contributed by atoms with Gasteiger partial charge in [-0.2, -0.15) is 0 Å². The van der Waals surface area contributed by atoms with Crippen LogP contribution >= 0.6 is 11.8 Å². The van der Waals surface area contributed by atoms with E-state index in [2.05, 4.69) is 254 Å². The van der Waals surface area contributed by atoms with E-state index in [9.17, 15) is 0 Å². The molecule has 2 nitrogen and oxygen atoms in total. The van der Waals surface area contributed by atoms with Crippen LogP contribution in [-0.4, -0.2) is 0 Å². The van der Waals surface area contributed by atoms with Crippen LogP contribution in [0.25, 0.3) is 44.2 Å². The molecular weight excluding hydrogens is 855 g/mol. The number of benzene rings is 11. The van der Waals surface area contributed by atoms with Gasteiger partial charge in [-0.1, -0.05) is 200 Å². The maximum atomic E-state index is 6.71. The molecule has 0 saturated heterocycles. The minimum Gasteiger partial charge on any atom is -0.457 e. The maximum Gasteiger partial charge on any atom is 0.132 e. The Bertz CT molecular complexity index is 3840. The monoisotopic (exact) mass is 895 g/mol. The van der Waals surface area contributed by atoms with Crippen LogP contribution in [0.2, 0.25) is 0 Å². The Labute approximate surface area is 405 Å². The van der Waals surface area contributed by atoms with Gasteiger partial charge in [-0.15, -0.1) is 0 Å². The quantitative estimate of drug-likeness (QED) is 0.175. The fourth-order valence-corrected chi connectivity index (χ4v) is 13.9. The Morgan fingerprint density at radius 2 is 0.812 bits per heavy atom. The largest absolute Gasteiger partial charge is 0.457 e. The summed E-state index contributed by atoms with van der Waals surface area (Å²) in [5.41, 5.74) is 20.0. The lowest BCUT2D eigenvalue weighted by molar-refractivity contribution is 0.436. The molecule has 0 fully saturated rings. The normalized spacial score (nSPS) is 14.4. The van der Waals surface area contributed by atoms with Crippen molar-refractivity contribution in [3.05, 3.63) is 293 Å². The predicted molar refractivity (Wildman–Crippen MR) is 283 cm³/mol. The molecule has 322 valence electrons. The number of anilines is 3. The van der Waals surface area contributed by atoms with Crippen LogP contribution in [0.3, 0.4) is 0 Å². The third-order valence-electron chi connectivity index (χ3n) is 15.4. The van der Waals surface area contributed by atoms with Crippen molar-refractivity contribution in [1.29, 1.82) is 0 Å². The molecule has 2 spiro atoms. The molecule has 15 rings (SSSR count). The van der Waals surface area contributed by atoms with E-state index in [1.54, 1.807) is 0 Å². The highest BCUT2D eigenvalue weighted by atomic mass is 32.2. The molecular formula is C66H41NOS. The topological polar surface area (TPSA) is 12.5 Å². The second kappa shape index (κ2) is 14.6. The minimum atomic E-state index is -0.585. The standard InChI is InChI=1S/C66H41NOS/c1-2-16-42(17-3-1)43-30-33-45(34-31-43)67(47-36-38-50-49-18-4-6-20-52(49)65(59(50)41-47)54-22-8-12-26-60(54)68-61-27-13-9-23-55(61)65)46-35-37-48-44(40-46)32-39-58-64(48)51-19-5-7-21-53(51)66(58)56-24-10-14-28-62(56)69-63-29-15-11-25-57(63)66/h1-41H. The smallest absolute Gasteiger partial charge is 0.132 e. The zero-order valence-corrected chi connectivity index (χ0v) is 38.3. The van der Waals surface area contributed by atoms with E-state index in [1.807, 2.05) is 11.8 Å². The van der Waals surface area contributed by atoms with Crippen LogP contribution < -0.4 is 9.64 Å². The maximum absolute atomic E-state index is 6.71. The van der Waals surface area contributed by atoms with Gasteiger partial charge >= 0.3 is 0 Å². The van der Waals surface area contributed by atoms with Crippen LogP contribution in [0.1, 0.15) is 44.5 Å². The third kappa shape index (κ3) is 5.23. The van der Waals surface area contributed by atoms with E-state index < -0.39 is 10.8 Å². The van der Waals surface area contributed by atoms with Gasteiger partial charge in [0, 0.05) is 38.0 Å². The molecule has 0 aromatic heterocycles. The lowest BCUT2D eigenvalue weighted by Crippen LogP contribution is -2.32. The Kier molecular flexibility index (Phi) is 8.17. The Balaban J connectivity index is 0.960. The van der Waals surface area contributed by atoms with Gasteiger partial charge in [0.25, 0.3) is 0 Å². The van der Waals surface area contributed by atoms with Crippen LogP contribution in [-0.2, 0) is 10.8 Å². The highest BCUT2D eigenvalue weighted by Gasteiger charge is 2.52. The molecule has 0 unspecified atom stereocenters. The van der Waals surface area contributed by atoms with Crippen molar-refractivity contribution in [2.24, 2.45) is 0 Å². The molecule has 11 aromatic carbocycles. The zero-order chi connectivity index (χ0) is 45.3. The number of fused-ring (bicyclic) bond motifs is 20. The summed E-state index contributed by atoms with van der Waals surface area (Å²) in [7, 11) is 0. The summed E-state index contributed by atoms with van der Waals surface area (Å²) in [6, 6.07) is 92.2. The molecule has 3 heteroatoms. The first-order valence-corrected chi connectivity index (χ1v) is 24.6. The van der Waals surface area contributed by atoms with Crippen LogP contribution in [0, 0.1) is 0 Å². The summed E-state index contributed by atoms with van der Waals surface area (Å²) < 4.78 is 6.71. The van der Waals surface area contributed by atoms with Crippen LogP contribution in [0.4, 0.5) is 17.1 Å². The van der Waals surface area contributed by atoms with Crippen LogP contribution in [0.5, 0.6) is 11.5 Å². The lowest BCUT2D eigenvalue weighted by Gasteiger charge is -2.39. The fraction of sp³-hybridized carbons (Fsp3) is 0.0303. The van der Waals surface area contributed by atoms with Crippen LogP contribution in [0.15, 0.2) is 259 Å². The van der Waals surface area contributed by atoms with Gasteiger partial charge in [0.15, 0.2) is 0 Å². The van der Waals surface area contributed by atoms with Gasteiger partial charge in [-0.3, -0.25) is 0 Å². The van der Waals surface area contributed by atoms with Crippen molar-refractivity contribution in [3.8, 4) is 44.9 Å². The number of hydrogen-bond acceptors (Lipinski definition) is 3. The van der Waals surface area contributed by atoms with Gasteiger partial charge in [0.1, 0.15) is 11.5 Å². The number of ether oxygens (including phenoxy) is 1. The van der Waals surface area contributed by atoms with E-state index in [1.165, 1.54) is 87.3 Å². The van der Waals surface area contributed by atoms with Crippen molar-refractivity contribution in [2.45, 2.75) is 20.6 Å². The van der Waals surface area contributed by atoms with E-state index >= 15 is 0 Å². The van der Waals surface area contributed by atoms with Gasteiger partial charge in [0.05, 0.1) is 10.8 Å². The molecule has 2 aliphatic heterocycles. The summed E-state index contributed by atoms with van der Waals surface area (Å²) >= 11 is 1.89. The van der Waals surface area contributed by atoms with Crippen molar-refractivity contribution in [3.63, 3.8) is 0 Å². The summed E-state index contributed by atoms with van der Waals surface area (Å²) in [5, 5.41) is 2.46. The Hall–Kier alpha value is -8.37. The van der Waals surface area contributed by atoms with E-state index in [0.717, 1.165) is 39.7 Å². The minimum absolute atomic E-state index is 0.427. The highest BCUT2D eigenvalue weighted by molar-refractivity contribution is 7.99. The second-order valence-corrected chi connectivity index (χ2v) is 19.7. The van der Waals surface area contributed by atoms with Gasteiger partial charge < -0.3 is 9.64 Å². The lowest BCUT2D eigenvalue weighted by atomic mass is 9.66. The first-order valence-electron chi connectivity index (χ1n) is 23.8. The Morgan fingerprint density at radius 1 is 0.319 bits per heavy atom. The van der Waals surface area contributed by atoms with E-state index in [-0.39, 0.29) is 0 Å². The van der Waals surface area contributed by atoms with Crippen molar-refractivity contribution < 1.29 is 4.74 Å². The first-order chi connectivity index (χ1) is 34.2. The molecule has 0 radical (unpaired) electrons. The first kappa shape index (κ1) is 38.7. The molecule has 11 aromatic rings. The summed E-state index contributed by atoms with van der Waals surface area (Å²) in [4.78, 5) is 5.08. The molecule has 0 atom stereocenters. The molecule has 4 aliphatic rings. The van der Waals surface area contributed by atoms with Gasteiger partial charge in [0.2, 0.25) is 0 Å². The summed E-state index contributed by atoms with van der Waals surface area (Å²) in [6.45, 7) is 0. The van der Waals surface area contributed by atoms with Crippen molar-refractivity contribution in [2.75, 3.05) is 4.90 Å². The molecule has 2 heterocycles. The Morgan fingerprint density at radius 3 is 1.51 bits per heavy atom. The second-order valence-electron chi connectivity index (χ2n) is 18.7. The van der Waals surface area contributed by atoms with E-state index in [4.69, 9.17) is 4.74 Å². The number of para-hydroxylation sites is 2. The SMILES string of the molecule is c1ccc(-c2ccc(N(c3ccc4c(c3)C3(c5ccccc5Oc5ccccc53)c3ccccc3-4)c3ccc4c5c(ccc4c3)C3(c4ccccc4Sc4ccccc43)c3ccccc3-5)cc2)cc1. The average Bonchev–Trinajstić information content (AvgIpc) is 3.87. The average molecular weight is 896 g/mol. The molecule has 0 amide bonds. The molecule has 0 N–H and O–H groups in total. The van der Waals surface area contributed by atoms with Crippen molar-refractivity contribution in [1.82, 2.24) is 0 Å². The summed E-state index contributed by atoms with van der Waals surface area (Å²) in [6.07, 6.45) is 0. The number of nitrogens with zero attached hydrogens (tertiary/aromatic N) is 1. The summed E-state index contributed by atoms with van der Waals surface area (Å²) in [5.74, 6) is 1.78. The third-order valence-corrected chi connectivity index (χ3v) is 16.5. The molecule has 69 heavy (non-hydrogen) atoms. The number of hydrogen-bond donors (Lipinski definition) is 0. The fourth-order valence-electron chi connectivity index (χ4n) is 12.7. The predicted octanol–water partition coefficient (Wildman–Crippen LogP) is 17.3. The zero-order valence-electron chi connectivity index (χ0n) is 37.4. The molecule has 0 bridgehead atoms. The molecule has 2 aliphatic carbocycles. The van der Waals surface area contributed by atoms with Crippen molar-refractivity contribution >= 4 is 39.6 Å². The highest BCUT2D eigenvalue weighted by Crippen LogP contribution is 2.65. The molecule has 0 saturated carbocycles. The number of rotatable bonds is 4. The van der Waals surface area contributed by atoms with E-state index in [0.29, 0.717) is 0 Å².